The molecule has 0 aliphatic rings. The third kappa shape index (κ3) is 6.46. The Bertz CT molecular complexity index is 695. The van der Waals surface area contributed by atoms with Crippen molar-refractivity contribution >= 4 is 5.97 Å². The number of hydrogen-bond donors (Lipinski definition) is 0. The Morgan fingerprint density at radius 3 is 2.30 bits per heavy atom. The van der Waals surface area contributed by atoms with Crippen molar-refractivity contribution in [1.82, 2.24) is 9.97 Å². The molecular weight excluding hydrogens is 336 g/mol. The highest BCUT2D eigenvalue weighted by Crippen LogP contribution is 2.22. The predicted octanol–water partition coefficient (Wildman–Crippen LogP) is 5.57. The number of esters is 1. The lowest BCUT2D eigenvalue weighted by Gasteiger charge is -2.14. The fraction of sp³-hybridized carbons (Fsp3) is 0.522. The van der Waals surface area contributed by atoms with E-state index in [1.54, 1.807) is 0 Å². The normalized spacial score (nSPS) is 13.2. The van der Waals surface area contributed by atoms with Crippen LogP contribution in [0.15, 0.2) is 36.7 Å². The lowest BCUT2D eigenvalue weighted by molar-refractivity contribution is -0.146. The quantitative estimate of drug-likeness (QED) is 0.406. The molecule has 2 rings (SSSR count). The van der Waals surface area contributed by atoms with Crippen LogP contribution in [0.1, 0.15) is 70.4 Å². The van der Waals surface area contributed by atoms with Crippen molar-refractivity contribution in [1.29, 1.82) is 0 Å². The summed E-state index contributed by atoms with van der Waals surface area (Å²) < 4.78 is 5.42. The van der Waals surface area contributed by atoms with Crippen molar-refractivity contribution in [3.8, 4) is 11.4 Å². The van der Waals surface area contributed by atoms with E-state index in [2.05, 4.69) is 30.7 Å². The van der Waals surface area contributed by atoms with E-state index in [-0.39, 0.29) is 11.9 Å². The number of carbonyl (C=O) groups is 1. The van der Waals surface area contributed by atoms with Gasteiger partial charge in [0, 0.05) is 18.0 Å². The average molecular weight is 369 g/mol. The van der Waals surface area contributed by atoms with Crippen LogP contribution in [0.2, 0.25) is 0 Å². The summed E-state index contributed by atoms with van der Waals surface area (Å²) in [5.74, 6) is 0.666. The van der Waals surface area contributed by atoms with E-state index in [4.69, 9.17) is 4.74 Å². The Morgan fingerprint density at radius 2 is 1.70 bits per heavy atom. The van der Waals surface area contributed by atoms with Crippen LogP contribution >= 0.6 is 0 Å². The Labute approximate surface area is 163 Å². The van der Waals surface area contributed by atoms with Crippen LogP contribution in [-0.2, 0) is 16.0 Å². The first kappa shape index (κ1) is 21.1. The molecule has 1 aromatic carbocycles. The van der Waals surface area contributed by atoms with Crippen LogP contribution in [0.3, 0.4) is 0 Å². The van der Waals surface area contributed by atoms with Gasteiger partial charge in [0.1, 0.15) is 0 Å². The van der Waals surface area contributed by atoms with Crippen molar-refractivity contribution in [3.63, 3.8) is 0 Å². The zero-order valence-electron chi connectivity index (χ0n) is 17.1. The molecule has 0 radical (unpaired) electrons. The van der Waals surface area contributed by atoms with Crippen molar-refractivity contribution in [2.24, 2.45) is 5.92 Å². The summed E-state index contributed by atoms with van der Waals surface area (Å²) in [4.78, 5) is 21.2. The molecule has 27 heavy (non-hydrogen) atoms. The molecule has 0 fully saturated rings. The van der Waals surface area contributed by atoms with Crippen LogP contribution in [0.5, 0.6) is 0 Å². The zero-order chi connectivity index (χ0) is 19.6. The number of hydrogen-bond acceptors (Lipinski definition) is 4. The summed E-state index contributed by atoms with van der Waals surface area (Å²) in [5.41, 5.74) is 3.09. The Kier molecular flexibility index (Phi) is 8.43. The maximum absolute atomic E-state index is 12.2. The van der Waals surface area contributed by atoms with E-state index in [0.29, 0.717) is 18.3 Å². The molecule has 0 aliphatic heterocycles. The van der Waals surface area contributed by atoms with Gasteiger partial charge in [0.15, 0.2) is 5.82 Å². The lowest BCUT2D eigenvalue weighted by atomic mass is 9.99. The minimum absolute atomic E-state index is 0.171. The maximum atomic E-state index is 12.2. The van der Waals surface area contributed by atoms with Gasteiger partial charge in [0.25, 0.3) is 0 Å². The number of benzene rings is 1. The summed E-state index contributed by atoms with van der Waals surface area (Å²) >= 11 is 0. The average Bonchev–Trinajstić information content (AvgIpc) is 2.72. The largest absolute Gasteiger partial charge is 0.465 e. The summed E-state index contributed by atoms with van der Waals surface area (Å²) in [6, 6.07) is 7.87. The second-order valence-electron chi connectivity index (χ2n) is 7.36. The highest BCUT2D eigenvalue weighted by atomic mass is 16.5. The van der Waals surface area contributed by atoms with Gasteiger partial charge in [-0.2, -0.15) is 0 Å². The van der Waals surface area contributed by atoms with E-state index in [1.165, 1.54) is 24.8 Å². The molecule has 2 atom stereocenters. The standard InChI is InChI=1S/C23H32N2O2/c1-5-7-8-9-19-14-24-22(25-15-19)21-12-10-20(11-13-21)18(4)23(26)27-16-17(3)6-2/h10-15,17-18H,5-9,16H2,1-4H3/t17?,18-/m1/s1. The van der Waals surface area contributed by atoms with Crippen LogP contribution in [0.4, 0.5) is 0 Å². The number of rotatable bonds is 10. The van der Waals surface area contributed by atoms with E-state index in [0.717, 1.165) is 24.0 Å². The molecule has 4 heteroatoms. The number of nitrogens with zero attached hydrogens (tertiary/aromatic N) is 2. The molecule has 2 aromatic rings. The topological polar surface area (TPSA) is 52.1 Å². The van der Waals surface area contributed by atoms with Gasteiger partial charge in [-0.1, -0.05) is 64.3 Å². The molecule has 146 valence electrons. The smallest absolute Gasteiger partial charge is 0.313 e. The molecule has 0 spiro atoms. The number of unbranched alkanes of at least 4 members (excludes halogenated alkanes) is 2. The van der Waals surface area contributed by atoms with Crippen LogP contribution < -0.4 is 0 Å². The third-order valence-corrected chi connectivity index (χ3v) is 5.00. The predicted molar refractivity (Wildman–Crippen MR) is 110 cm³/mol. The Balaban J connectivity index is 1.96. The van der Waals surface area contributed by atoms with Gasteiger partial charge in [0.2, 0.25) is 0 Å². The first-order valence-corrected chi connectivity index (χ1v) is 10.1. The van der Waals surface area contributed by atoms with Gasteiger partial charge in [0.05, 0.1) is 12.5 Å². The second-order valence-corrected chi connectivity index (χ2v) is 7.36. The monoisotopic (exact) mass is 368 g/mol. The summed E-state index contributed by atoms with van der Waals surface area (Å²) in [5, 5.41) is 0. The summed E-state index contributed by atoms with van der Waals surface area (Å²) in [6.45, 7) is 8.75. The van der Waals surface area contributed by atoms with Crippen LogP contribution in [0, 0.1) is 5.92 Å². The number of carbonyl (C=O) groups excluding carboxylic acids is 1. The molecule has 1 heterocycles. The molecule has 0 saturated heterocycles. The summed E-state index contributed by atoms with van der Waals surface area (Å²) in [7, 11) is 0. The molecule has 0 amide bonds. The first-order chi connectivity index (χ1) is 13.0. The van der Waals surface area contributed by atoms with E-state index < -0.39 is 0 Å². The van der Waals surface area contributed by atoms with Gasteiger partial charge < -0.3 is 4.74 Å². The Hall–Kier alpha value is -2.23. The lowest BCUT2D eigenvalue weighted by Crippen LogP contribution is -2.16. The molecule has 0 saturated carbocycles. The minimum atomic E-state index is -0.273. The van der Waals surface area contributed by atoms with E-state index in [9.17, 15) is 4.79 Å². The van der Waals surface area contributed by atoms with Crippen molar-refractivity contribution in [2.45, 2.75) is 65.7 Å². The maximum Gasteiger partial charge on any atom is 0.313 e. The van der Waals surface area contributed by atoms with Gasteiger partial charge >= 0.3 is 5.97 Å². The second kappa shape index (κ2) is 10.8. The van der Waals surface area contributed by atoms with Gasteiger partial charge in [-0.05, 0) is 36.8 Å². The zero-order valence-corrected chi connectivity index (χ0v) is 17.1. The summed E-state index contributed by atoms with van der Waals surface area (Å²) in [6.07, 6.45) is 9.51. The molecule has 0 bridgehead atoms. The van der Waals surface area contributed by atoms with Crippen molar-refractivity contribution < 1.29 is 9.53 Å². The van der Waals surface area contributed by atoms with Crippen molar-refractivity contribution in [2.75, 3.05) is 6.61 Å². The van der Waals surface area contributed by atoms with Gasteiger partial charge in [-0.25, -0.2) is 9.97 Å². The van der Waals surface area contributed by atoms with Crippen LogP contribution in [0.25, 0.3) is 11.4 Å². The first-order valence-electron chi connectivity index (χ1n) is 10.1. The van der Waals surface area contributed by atoms with Crippen LogP contribution in [-0.4, -0.2) is 22.5 Å². The fourth-order valence-electron chi connectivity index (χ4n) is 2.74. The number of aromatic nitrogens is 2. The van der Waals surface area contributed by atoms with E-state index in [1.807, 2.05) is 43.6 Å². The molecule has 0 N–H and O–H groups in total. The number of ether oxygens (including phenoxy) is 1. The van der Waals surface area contributed by atoms with Gasteiger partial charge in [-0.3, -0.25) is 4.79 Å². The molecular formula is C23H32N2O2. The van der Waals surface area contributed by atoms with E-state index >= 15 is 0 Å². The molecule has 4 nitrogen and oxygen atoms in total. The molecule has 1 aromatic heterocycles. The Morgan fingerprint density at radius 1 is 1.04 bits per heavy atom. The third-order valence-electron chi connectivity index (χ3n) is 5.00. The fourth-order valence-corrected chi connectivity index (χ4v) is 2.74. The SMILES string of the molecule is CCCCCc1cnc(-c2ccc([C@@H](C)C(=O)OCC(C)CC)cc2)nc1. The number of aryl methyl sites for hydroxylation is 1. The highest BCUT2D eigenvalue weighted by Gasteiger charge is 2.17. The molecule has 0 aliphatic carbocycles. The highest BCUT2D eigenvalue weighted by molar-refractivity contribution is 5.78. The van der Waals surface area contributed by atoms with Crippen molar-refractivity contribution in [3.05, 3.63) is 47.8 Å². The minimum Gasteiger partial charge on any atom is -0.465 e. The van der Waals surface area contributed by atoms with Gasteiger partial charge in [-0.15, -0.1) is 0 Å². The molecule has 1 unspecified atom stereocenters.